The Morgan fingerprint density at radius 1 is 1.12 bits per heavy atom. The number of aryl methyl sites for hydroxylation is 3. The van der Waals surface area contributed by atoms with Crippen molar-refractivity contribution in [2.75, 3.05) is 11.9 Å². The number of nitrogens with one attached hydrogen (secondary N) is 1. The number of aromatic nitrogens is 1. The monoisotopic (exact) mass is 328 g/mol. The van der Waals surface area contributed by atoms with Crippen molar-refractivity contribution in [1.82, 2.24) is 4.57 Å². The highest BCUT2D eigenvalue weighted by atomic mass is 16.5. The average molecular weight is 328 g/mol. The predicted molar refractivity (Wildman–Crippen MR) is 94.4 cm³/mol. The second-order valence-electron chi connectivity index (χ2n) is 5.97. The van der Waals surface area contributed by atoms with Crippen LogP contribution in [0.25, 0.3) is 0 Å². The number of carbonyl (C=O) groups is 2. The molecule has 1 aromatic carbocycles. The standard InChI is InChI=1S/C19H24N2O3/c1-6-21-14(4)10-16(15(21)5)19(23)24-11-18(22)20-17-8-7-12(2)9-13(17)3/h7-10H,6,11H2,1-5H3,(H,20,22). The van der Waals surface area contributed by atoms with Crippen molar-refractivity contribution >= 4 is 17.6 Å². The van der Waals surface area contributed by atoms with Crippen molar-refractivity contribution in [1.29, 1.82) is 0 Å². The van der Waals surface area contributed by atoms with Gasteiger partial charge in [0.15, 0.2) is 6.61 Å². The number of amides is 1. The summed E-state index contributed by atoms with van der Waals surface area (Å²) in [6, 6.07) is 7.55. The van der Waals surface area contributed by atoms with Crippen LogP contribution in [0.4, 0.5) is 5.69 Å². The number of esters is 1. The van der Waals surface area contributed by atoms with E-state index in [1.165, 1.54) is 0 Å². The molecule has 1 heterocycles. The second kappa shape index (κ2) is 7.34. The van der Waals surface area contributed by atoms with Crippen molar-refractivity contribution in [3.05, 3.63) is 52.3 Å². The number of nitrogens with zero attached hydrogens (tertiary/aromatic N) is 1. The third kappa shape index (κ3) is 3.85. The lowest BCUT2D eigenvalue weighted by molar-refractivity contribution is -0.119. The van der Waals surface area contributed by atoms with Crippen molar-refractivity contribution < 1.29 is 14.3 Å². The number of benzene rings is 1. The van der Waals surface area contributed by atoms with Crippen LogP contribution in [0.1, 0.15) is 39.8 Å². The van der Waals surface area contributed by atoms with E-state index in [2.05, 4.69) is 5.32 Å². The summed E-state index contributed by atoms with van der Waals surface area (Å²) in [6.45, 7) is 10.2. The summed E-state index contributed by atoms with van der Waals surface area (Å²) in [5.74, 6) is -0.821. The molecule has 1 N–H and O–H groups in total. The molecule has 1 aromatic heterocycles. The number of anilines is 1. The fourth-order valence-electron chi connectivity index (χ4n) is 2.84. The van der Waals surface area contributed by atoms with E-state index in [0.29, 0.717) is 5.56 Å². The molecule has 5 heteroatoms. The molecule has 0 bridgehead atoms. The predicted octanol–water partition coefficient (Wildman–Crippen LogP) is 3.54. The van der Waals surface area contributed by atoms with Gasteiger partial charge in [-0.3, -0.25) is 4.79 Å². The van der Waals surface area contributed by atoms with Crippen molar-refractivity contribution in [2.24, 2.45) is 0 Å². The van der Waals surface area contributed by atoms with E-state index < -0.39 is 5.97 Å². The Hall–Kier alpha value is -2.56. The van der Waals surface area contributed by atoms with E-state index in [-0.39, 0.29) is 12.5 Å². The van der Waals surface area contributed by atoms with Gasteiger partial charge < -0.3 is 14.6 Å². The zero-order chi connectivity index (χ0) is 17.9. The van der Waals surface area contributed by atoms with Gasteiger partial charge in [-0.15, -0.1) is 0 Å². The van der Waals surface area contributed by atoms with Gasteiger partial charge in [0.25, 0.3) is 5.91 Å². The van der Waals surface area contributed by atoms with Gasteiger partial charge in [0.2, 0.25) is 0 Å². The Balaban J connectivity index is 1.97. The Morgan fingerprint density at radius 2 is 1.83 bits per heavy atom. The minimum atomic E-state index is -0.474. The molecule has 0 aliphatic heterocycles. The molecule has 0 radical (unpaired) electrons. The van der Waals surface area contributed by atoms with Crippen molar-refractivity contribution in [3.63, 3.8) is 0 Å². The molecule has 0 aliphatic carbocycles. The van der Waals surface area contributed by atoms with Gasteiger partial charge in [-0.05, 0) is 52.3 Å². The summed E-state index contributed by atoms with van der Waals surface area (Å²) < 4.78 is 7.19. The first-order valence-electron chi connectivity index (χ1n) is 8.04. The molecule has 5 nitrogen and oxygen atoms in total. The quantitative estimate of drug-likeness (QED) is 0.854. The second-order valence-corrected chi connectivity index (χ2v) is 5.97. The zero-order valence-electron chi connectivity index (χ0n) is 14.9. The fourth-order valence-corrected chi connectivity index (χ4v) is 2.84. The molecular weight excluding hydrogens is 304 g/mol. The van der Waals surface area contributed by atoms with Crippen LogP contribution >= 0.6 is 0 Å². The normalized spacial score (nSPS) is 10.5. The summed E-state index contributed by atoms with van der Waals surface area (Å²) in [5, 5.41) is 2.77. The van der Waals surface area contributed by atoms with Gasteiger partial charge in [0, 0.05) is 23.6 Å². The molecule has 0 saturated carbocycles. The molecule has 1 amide bonds. The maximum Gasteiger partial charge on any atom is 0.340 e. The number of hydrogen-bond donors (Lipinski definition) is 1. The number of hydrogen-bond acceptors (Lipinski definition) is 3. The third-order valence-electron chi connectivity index (χ3n) is 4.10. The maximum absolute atomic E-state index is 12.2. The molecule has 0 saturated heterocycles. The van der Waals surface area contributed by atoms with Gasteiger partial charge in [-0.2, -0.15) is 0 Å². The molecule has 0 atom stereocenters. The topological polar surface area (TPSA) is 60.3 Å². The Kier molecular flexibility index (Phi) is 5.44. The van der Waals surface area contributed by atoms with Crippen LogP contribution in [0.5, 0.6) is 0 Å². The van der Waals surface area contributed by atoms with Crippen LogP contribution in [-0.4, -0.2) is 23.1 Å². The Morgan fingerprint density at radius 3 is 2.42 bits per heavy atom. The summed E-state index contributed by atoms with van der Waals surface area (Å²) in [4.78, 5) is 24.2. The van der Waals surface area contributed by atoms with E-state index >= 15 is 0 Å². The smallest absolute Gasteiger partial charge is 0.340 e. The van der Waals surface area contributed by atoms with Crippen LogP contribution < -0.4 is 5.32 Å². The largest absolute Gasteiger partial charge is 0.452 e. The highest BCUT2D eigenvalue weighted by molar-refractivity contribution is 5.96. The van der Waals surface area contributed by atoms with Crippen LogP contribution in [0.15, 0.2) is 24.3 Å². The minimum absolute atomic E-state index is 0.304. The lowest BCUT2D eigenvalue weighted by Gasteiger charge is -2.10. The van der Waals surface area contributed by atoms with E-state index in [0.717, 1.165) is 34.7 Å². The van der Waals surface area contributed by atoms with Crippen LogP contribution in [0, 0.1) is 27.7 Å². The van der Waals surface area contributed by atoms with Gasteiger partial charge in [-0.1, -0.05) is 17.7 Å². The molecule has 24 heavy (non-hydrogen) atoms. The molecule has 2 aromatic rings. The van der Waals surface area contributed by atoms with Gasteiger partial charge >= 0.3 is 5.97 Å². The van der Waals surface area contributed by atoms with Crippen LogP contribution in [-0.2, 0) is 16.1 Å². The van der Waals surface area contributed by atoms with Gasteiger partial charge in [-0.25, -0.2) is 4.79 Å². The highest BCUT2D eigenvalue weighted by Crippen LogP contribution is 2.17. The first kappa shape index (κ1) is 17.8. The third-order valence-corrected chi connectivity index (χ3v) is 4.10. The van der Waals surface area contributed by atoms with E-state index in [1.54, 1.807) is 6.07 Å². The summed E-state index contributed by atoms with van der Waals surface area (Å²) in [6.07, 6.45) is 0. The lowest BCUT2D eigenvalue weighted by atomic mass is 10.1. The molecule has 0 unspecified atom stereocenters. The SMILES string of the molecule is CCn1c(C)cc(C(=O)OCC(=O)Nc2ccc(C)cc2C)c1C. The van der Waals surface area contributed by atoms with Crippen LogP contribution in [0.2, 0.25) is 0 Å². The molecule has 2 rings (SSSR count). The summed E-state index contributed by atoms with van der Waals surface area (Å²) in [5.41, 5.74) is 5.19. The average Bonchev–Trinajstić information content (AvgIpc) is 2.82. The Bertz CT molecular complexity index is 775. The molecule has 0 spiro atoms. The maximum atomic E-state index is 12.2. The summed E-state index contributed by atoms with van der Waals surface area (Å²) in [7, 11) is 0. The van der Waals surface area contributed by atoms with E-state index in [4.69, 9.17) is 4.74 Å². The summed E-state index contributed by atoms with van der Waals surface area (Å²) >= 11 is 0. The van der Waals surface area contributed by atoms with Crippen molar-refractivity contribution in [2.45, 2.75) is 41.2 Å². The molecule has 0 aliphatic rings. The first-order chi connectivity index (χ1) is 11.3. The van der Waals surface area contributed by atoms with Crippen molar-refractivity contribution in [3.8, 4) is 0 Å². The van der Waals surface area contributed by atoms with E-state index in [9.17, 15) is 9.59 Å². The molecule has 0 fully saturated rings. The Labute approximate surface area is 142 Å². The lowest BCUT2D eigenvalue weighted by Crippen LogP contribution is -2.21. The van der Waals surface area contributed by atoms with E-state index in [1.807, 2.05) is 57.4 Å². The molecule has 128 valence electrons. The number of carbonyl (C=O) groups excluding carboxylic acids is 2. The van der Waals surface area contributed by atoms with Crippen LogP contribution in [0.3, 0.4) is 0 Å². The fraction of sp³-hybridized carbons (Fsp3) is 0.368. The highest BCUT2D eigenvalue weighted by Gasteiger charge is 2.17. The first-order valence-corrected chi connectivity index (χ1v) is 8.04. The minimum Gasteiger partial charge on any atom is -0.452 e. The number of ether oxygens (including phenoxy) is 1. The van der Waals surface area contributed by atoms with Gasteiger partial charge in [0.05, 0.1) is 5.56 Å². The van der Waals surface area contributed by atoms with Gasteiger partial charge in [0.1, 0.15) is 0 Å². The number of rotatable bonds is 5. The molecular formula is C19H24N2O3. The zero-order valence-corrected chi connectivity index (χ0v) is 14.9.